The van der Waals surface area contributed by atoms with E-state index in [0.717, 1.165) is 42.7 Å². The average molecular weight is 446 g/mol. The third kappa shape index (κ3) is 7.17. The first-order chi connectivity index (χ1) is 16.0. The molecular formula is C27H31N3O3. The number of aromatic nitrogens is 1. The fraction of sp³-hybridized carbons (Fsp3) is 0.296. The second kappa shape index (κ2) is 11.8. The predicted molar refractivity (Wildman–Crippen MR) is 131 cm³/mol. The van der Waals surface area contributed by atoms with Crippen LogP contribution in [0, 0.1) is 6.92 Å². The number of aryl methyl sites for hydroxylation is 1. The minimum absolute atomic E-state index is 0.0267. The fourth-order valence-corrected chi connectivity index (χ4v) is 3.62. The van der Waals surface area contributed by atoms with Crippen LogP contribution in [-0.4, -0.2) is 29.9 Å². The largest absolute Gasteiger partial charge is 0.497 e. The summed E-state index contributed by atoms with van der Waals surface area (Å²) in [6, 6.07) is 18.3. The number of benzene rings is 2. The molecule has 0 aliphatic rings. The molecule has 1 aromatic heterocycles. The van der Waals surface area contributed by atoms with Gasteiger partial charge in [-0.05, 0) is 73.9 Å². The Labute approximate surface area is 195 Å². The number of methoxy groups -OCH3 is 1. The summed E-state index contributed by atoms with van der Waals surface area (Å²) in [4.78, 5) is 29.4. The van der Waals surface area contributed by atoms with Crippen molar-refractivity contribution in [3.05, 3.63) is 89.2 Å². The van der Waals surface area contributed by atoms with Gasteiger partial charge in [0.1, 0.15) is 5.75 Å². The number of unbranched alkanes of at least 4 members (excludes halogenated alkanes) is 1. The smallest absolute Gasteiger partial charge is 0.255 e. The van der Waals surface area contributed by atoms with E-state index < -0.39 is 0 Å². The Balaban J connectivity index is 1.63. The van der Waals surface area contributed by atoms with Crippen molar-refractivity contribution < 1.29 is 14.3 Å². The molecule has 0 aliphatic heterocycles. The summed E-state index contributed by atoms with van der Waals surface area (Å²) >= 11 is 0. The minimum Gasteiger partial charge on any atom is -0.497 e. The normalized spacial score (nSPS) is 11.5. The highest BCUT2D eigenvalue weighted by Crippen LogP contribution is 2.17. The van der Waals surface area contributed by atoms with Crippen LogP contribution >= 0.6 is 0 Å². The lowest BCUT2D eigenvalue weighted by molar-refractivity contribution is 0.0934. The fourth-order valence-electron chi connectivity index (χ4n) is 3.62. The molecule has 0 saturated carbocycles. The van der Waals surface area contributed by atoms with Crippen molar-refractivity contribution in [1.29, 1.82) is 0 Å². The summed E-state index contributed by atoms with van der Waals surface area (Å²) in [5.41, 5.74) is 3.63. The Morgan fingerprint density at radius 3 is 2.48 bits per heavy atom. The van der Waals surface area contributed by atoms with Crippen molar-refractivity contribution in [3.63, 3.8) is 0 Å². The van der Waals surface area contributed by atoms with Crippen molar-refractivity contribution in [2.24, 2.45) is 0 Å². The van der Waals surface area contributed by atoms with Gasteiger partial charge in [0.25, 0.3) is 11.8 Å². The molecule has 33 heavy (non-hydrogen) atoms. The van der Waals surface area contributed by atoms with Crippen LogP contribution in [-0.2, 0) is 6.42 Å². The monoisotopic (exact) mass is 445 g/mol. The van der Waals surface area contributed by atoms with Crippen LogP contribution in [0.4, 0.5) is 5.69 Å². The summed E-state index contributed by atoms with van der Waals surface area (Å²) in [7, 11) is 1.65. The summed E-state index contributed by atoms with van der Waals surface area (Å²) in [6.07, 6.45) is 5.35. The van der Waals surface area contributed by atoms with E-state index in [-0.39, 0.29) is 17.9 Å². The molecule has 2 aromatic carbocycles. The summed E-state index contributed by atoms with van der Waals surface area (Å²) in [5, 5.41) is 6.03. The molecule has 3 aromatic rings. The molecule has 172 valence electrons. The van der Waals surface area contributed by atoms with E-state index in [2.05, 4.69) is 28.6 Å². The van der Waals surface area contributed by atoms with Gasteiger partial charge in [-0.3, -0.25) is 14.6 Å². The lowest BCUT2D eigenvalue weighted by Crippen LogP contribution is -2.36. The molecule has 1 atom stereocenters. The van der Waals surface area contributed by atoms with E-state index in [1.54, 1.807) is 49.7 Å². The van der Waals surface area contributed by atoms with Gasteiger partial charge in [0.2, 0.25) is 0 Å². The van der Waals surface area contributed by atoms with Crippen LogP contribution in [0.25, 0.3) is 0 Å². The van der Waals surface area contributed by atoms with Crippen molar-refractivity contribution in [3.8, 4) is 5.75 Å². The number of amides is 2. The SMILES string of the molecule is CCCCC(Cc1cccc(OC)c1)NC(=O)c1ccc(NC(=O)c2ccnc(C)c2)cc1. The van der Waals surface area contributed by atoms with E-state index in [1.807, 2.05) is 25.1 Å². The third-order valence-electron chi connectivity index (χ3n) is 5.42. The Kier molecular flexibility index (Phi) is 8.58. The highest BCUT2D eigenvalue weighted by Gasteiger charge is 2.15. The molecule has 0 saturated heterocycles. The van der Waals surface area contributed by atoms with E-state index >= 15 is 0 Å². The molecule has 6 heteroatoms. The van der Waals surface area contributed by atoms with Gasteiger partial charge in [-0.1, -0.05) is 31.9 Å². The maximum Gasteiger partial charge on any atom is 0.255 e. The number of rotatable bonds is 10. The van der Waals surface area contributed by atoms with Gasteiger partial charge >= 0.3 is 0 Å². The lowest BCUT2D eigenvalue weighted by atomic mass is 10.00. The molecule has 1 unspecified atom stereocenters. The number of anilines is 1. The van der Waals surface area contributed by atoms with Crippen molar-refractivity contribution >= 4 is 17.5 Å². The first-order valence-electron chi connectivity index (χ1n) is 11.3. The second-order valence-electron chi connectivity index (χ2n) is 8.09. The number of nitrogens with zero attached hydrogens (tertiary/aromatic N) is 1. The molecule has 0 radical (unpaired) electrons. The van der Waals surface area contributed by atoms with E-state index in [0.29, 0.717) is 16.8 Å². The minimum atomic E-state index is -0.212. The second-order valence-corrected chi connectivity index (χ2v) is 8.09. The molecule has 0 aliphatic carbocycles. The predicted octanol–water partition coefficient (Wildman–Crippen LogP) is 5.18. The van der Waals surface area contributed by atoms with Gasteiger partial charge in [0.15, 0.2) is 0 Å². The zero-order valence-electron chi connectivity index (χ0n) is 19.4. The molecule has 0 fully saturated rings. The first-order valence-corrected chi connectivity index (χ1v) is 11.3. The average Bonchev–Trinajstić information content (AvgIpc) is 2.83. The summed E-state index contributed by atoms with van der Waals surface area (Å²) in [6.45, 7) is 3.98. The lowest BCUT2D eigenvalue weighted by Gasteiger charge is -2.19. The standard InChI is InChI=1S/C27H31N3O3/c1-4-5-8-24(17-20-7-6-9-25(18-20)33-3)30-26(31)21-10-12-23(13-11-21)29-27(32)22-14-15-28-19(2)16-22/h6-7,9-16,18,24H,4-5,8,17H2,1-3H3,(H,29,32)(H,30,31). The highest BCUT2D eigenvalue weighted by atomic mass is 16.5. The number of ether oxygens (including phenoxy) is 1. The van der Waals surface area contributed by atoms with Gasteiger partial charge in [-0.2, -0.15) is 0 Å². The number of pyridine rings is 1. The maximum absolute atomic E-state index is 12.9. The number of hydrogen-bond acceptors (Lipinski definition) is 4. The first kappa shape index (κ1) is 24.0. The van der Waals surface area contributed by atoms with Crippen molar-refractivity contribution in [2.45, 2.75) is 45.6 Å². The number of nitrogens with one attached hydrogen (secondary N) is 2. The molecule has 2 N–H and O–H groups in total. The third-order valence-corrected chi connectivity index (χ3v) is 5.42. The van der Waals surface area contributed by atoms with E-state index in [9.17, 15) is 9.59 Å². The zero-order valence-corrected chi connectivity index (χ0v) is 19.4. The van der Waals surface area contributed by atoms with Gasteiger partial charge in [0.05, 0.1) is 7.11 Å². The highest BCUT2D eigenvalue weighted by molar-refractivity contribution is 6.04. The maximum atomic E-state index is 12.9. The van der Waals surface area contributed by atoms with Crippen LogP contribution in [0.1, 0.15) is 58.2 Å². The number of hydrogen-bond donors (Lipinski definition) is 2. The molecule has 0 spiro atoms. The molecular weight excluding hydrogens is 414 g/mol. The van der Waals surface area contributed by atoms with E-state index in [4.69, 9.17) is 4.74 Å². The number of carbonyl (C=O) groups excluding carboxylic acids is 2. The van der Waals surface area contributed by atoms with Crippen LogP contribution in [0.2, 0.25) is 0 Å². The van der Waals surface area contributed by atoms with Gasteiger partial charge in [0, 0.05) is 34.7 Å². The molecule has 2 amide bonds. The van der Waals surface area contributed by atoms with Crippen molar-refractivity contribution in [1.82, 2.24) is 10.3 Å². The molecule has 1 heterocycles. The van der Waals surface area contributed by atoms with Gasteiger partial charge in [-0.15, -0.1) is 0 Å². The van der Waals surface area contributed by atoms with Crippen LogP contribution in [0.15, 0.2) is 66.9 Å². The molecule has 3 rings (SSSR count). The molecule has 6 nitrogen and oxygen atoms in total. The summed E-state index contributed by atoms with van der Waals surface area (Å²) in [5.74, 6) is 0.477. The topological polar surface area (TPSA) is 80.3 Å². The number of carbonyl (C=O) groups is 2. The Morgan fingerprint density at radius 2 is 1.79 bits per heavy atom. The van der Waals surface area contributed by atoms with Crippen molar-refractivity contribution in [2.75, 3.05) is 12.4 Å². The molecule has 0 bridgehead atoms. The zero-order chi connectivity index (χ0) is 23.6. The quantitative estimate of drug-likeness (QED) is 0.450. The Morgan fingerprint density at radius 1 is 1.00 bits per heavy atom. The van der Waals surface area contributed by atoms with Crippen LogP contribution in [0.5, 0.6) is 5.75 Å². The van der Waals surface area contributed by atoms with Gasteiger partial charge in [-0.25, -0.2) is 0 Å². The Hall–Kier alpha value is -3.67. The Bertz CT molecular complexity index is 1080. The van der Waals surface area contributed by atoms with Crippen LogP contribution in [0.3, 0.4) is 0 Å². The van der Waals surface area contributed by atoms with E-state index in [1.165, 1.54) is 0 Å². The summed E-state index contributed by atoms with van der Waals surface area (Å²) < 4.78 is 5.32. The van der Waals surface area contributed by atoms with Crippen LogP contribution < -0.4 is 15.4 Å². The van der Waals surface area contributed by atoms with Gasteiger partial charge < -0.3 is 15.4 Å².